The van der Waals surface area contributed by atoms with Crippen LogP contribution in [0.15, 0.2) is 127 Å². The van der Waals surface area contributed by atoms with Gasteiger partial charge < -0.3 is 28.4 Å². The Hall–Kier alpha value is -5.61. The van der Waals surface area contributed by atoms with Crippen molar-refractivity contribution in [1.82, 2.24) is 0 Å². The minimum absolute atomic E-state index is 0.0272. The Morgan fingerprint density at radius 3 is 1.21 bits per heavy atom. The molecule has 0 aliphatic heterocycles. The number of hydrogen-bond acceptors (Lipinski definition) is 9. The van der Waals surface area contributed by atoms with E-state index >= 15 is 0 Å². The van der Waals surface area contributed by atoms with Crippen molar-refractivity contribution in [2.75, 3.05) is 41.2 Å². The maximum Gasteiger partial charge on any atom is 0.341 e. The Kier molecular flexibility index (Phi) is 12.3. The van der Waals surface area contributed by atoms with Crippen LogP contribution >= 0.6 is 0 Å². The van der Waals surface area contributed by atoms with E-state index in [1.165, 1.54) is 21.3 Å². The Labute approximate surface area is 279 Å². The molecule has 0 unspecified atom stereocenters. The highest BCUT2D eigenvalue weighted by Crippen LogP contribution is 2.36. The van der Waals surface area contributed by atoms with Gasteiger partial charge in [-0.05, 0) is 58.1 Å². The van der Waals surface area contributed by atoms with Crippen LogP contribution < -0.4 is 14.2 Å². The summed E-state index contributed by atoms with van der Waals surface area (Å²) < 4.78 is 31.5. The van der Waals surface area contributed by atoms with E-state index in [0.717, 1.165) is 27.8 Å². The maximum atomic E-state index is 12.9. The summed E-state index contributed by atoms with van der Waals surface area (Å²) in [5.41, 5.74) is 5.50. The largest absolute Gasteiger partial charge is 0.423 e. The quantitative estimate of drug-likeness (QED) is 0.0764. The second-order valence-electron chi connectivity index (χ2n) is 10.6. The third-order valence-electron chi connectivity index (χ3n) is 7.00. The van der Waals surface area contributed by atoms with Crippen LogP contribution in [0.25, 0.3) is 33.4 Å². The zero-order chi connectivity index (χ0) is 34.6. The Morgan fingerprint density at radius 1 is 0.458 bits per heavy atom. The molecule has 9 nitrogen and oxygen atoms in total. The van der Waals surface area contributed by atoms with Gasteiger partial charge in [-0.1, -0.05) is 80.4 Å². The fourth-order valence-corrected chi connectivity index (χ4v) is 4.53. The van der Waals surface area contributed by atoms with Crippen molar-refractivity contribution < 1.29 is 42.8 Å². The van der Waals surface area contributed by atoms with Crippen LogP contribution in [0.5, 0.6) is 17.2 Å². The van der Waals surface area contributed by atoms with E-state index in [0.29, 0.717) is 22.8 Å². The number of methoxy groups -OCH3 is 3. The lowest BCUT2D eigenvalue weighted by Crippen LogP contribution is -2.14. The molecule has 9 heteroatoms. The molecule has 0 aliphatic carbocycles. The molecule has 0 N–H and O–H groups in total. The minimum atomic E-state index is -0.614. The van der Waals surface area contributed by atoms with Crippen molar-refractivity contribution in [3.8, 4) is 50.6 Å². The summed E-state index contributed by atoms with van der Waals surface area (Å²) in [5.74, 6) is -0.669. The lowest BCUT2D eigenvalue weighted by molar-refractivity contribution is -0.131. The maximum absolute atomic E-state index is 12.9. The van der Waals surface area contributed by atoms with Crippen molar-refractivity contribution in [2.24, 2.45) is 0 Å². The van der Waals surface area contributed by atoms with Crippen LogP contribution in [0.4, 0.5) is 0 Å². The highest BCUT2D eigenvalue weighted by molar-refractivity contribution is 5.92. The molecule has 0 saturated carbocycles. The molecule has 48 heavy (non-hydrogen) atoms. The number of esters is 3. The normalized spacial score (nSPS) is 10.6. The second kappa shape index (κ2) is 16.8. The standard InChI is InChI=1S/C39H36O9/c1-25(22-43-4)37(40)46-33-16-11-29(12-17-33)28-7-9-31(10-8-28)35-20-15-32(21-36(35)48-39(42)27(3)24-45-6)30-13-18-34(19-14-30)47-38(41)26(2)23-44-5/h7-21H,1-3,22-24H2,4-6H3. The first-order chi connectivity index (χ1) is 23.1. The molecule has 0 fully saturated rings. The fraction of sp³-hybridized carbons (Fsp3) is 0.154. The van der Waals surface area contributed by atoms with Crippen LogP contribution in [0.2, 0.25) is 0 Å². The van der Waals surface area contributed by atoms with Gasteiger partial charge in [0.25, 0.3) is 0 Å². The highest BCUT2D eigenvalue weighted by Gasteiger charge is 2.17. The van der Waals surface area contributed by atoms with E-state index in [4.69, 9.17) is 28.4 Å². The molecule has 0 amide bonds. The molecule has 0 spiro atoms. The van der Waals surface area contributed by atoms with Gasteiger partial charge in [0.1, 0.15) is 17.2 Å². The summed E-state index contributed by atoms with van der Waals surface area (Å²) in [6.45, 7) is 11.3. The van der Waals surface area contributed by atoms with Crippen molar-refractivity contribution in [3.05, 3.63) is 127 Å². The molecule has 0 atom stereocenters. The summed E-state index contributed by atoms with van der Waals surface area (Å²) in [6, 6.07) is 27.3. The fourth-order valence-electron chi connectivity index (χ4n) is 4.53. The topological polar surface area (TPSA) is 107 Å². The number of carbonyl (C=O) groups is 3. The van der Waals surface area contributed by atoms with Crippen molar-refractivity contribution in [3.63, 3.8) is 0 Å². The molecule has 0 saturated heterocycles. The van der Waals surface area contributed by atoms with Crippen LogP contribution in [-0.4, -0.2) is 59.1 Å². The first kappa shape index (κ1) is 35.2. The Bertz CT molecular complexity index is 1800. The van der Waals surface area contributed by atoms with Gasteiger partial charge in [-0.3, -0.25) is 0 Å². The average Bonchev–Trinajstić information content (AvgIpc) is 3.09. The molecule has 0 aliphatic rings. The van der Waals surface area contributed by atoms with Gasteiger partial charge in [0.05, 0.1) is 36.5 Å². The van der Waals surface area contributed by atoms with Gasteiger partial charge in [-0.2, -0.15) is 0 Å². The van der Waals surface area contributed by atoms with E-state index in [2.05, 4.69) is 19.7 Å². The van der Waals surface area contributed by atoms with Gasteiger partial charge in [0.15, 0.2) is 0 Å². The lowest BCUT2D eigenvalue weighted by atomic mass is 9.97. The van der Waals surface area contributed by atoms with E-state index in [1.54, 1.807) is 42.5 Å². The van der Waals surface area contributed by atoms with Crippen LogP contribution in [0.3, 0.4) is 0 Å². The molecule has 4 aromatic rings. The first-order valence-electron chi connectivity index (χ1n) is 14.8. The third kappa shape index (κ3) is 9.23. The predicted octanol–water partition coefficient (Wildman–Crippen LogP) is 7.01. The summed E-state index contributed by atoms with van der Waals surface area (Å²) >= 11 is 0. The van der Waals surface area contributed by atoms with Crippen molar-refractivity contribution in [2.45, 2.75) is 0 Å². The van der Waals surface area contributed by atoms with Gasteiger partial charge >= 0.3 is 17.9 Å². The molecule has 0 heterocycles. The minimum Gasteiger partial charge on any atom is -0.423 e. The molecule has 0 radical (unpaired) electrons. The zero-order valence-corrected chi connectivity index (χ0v) is 27.1. The molecule has 0 aromatic heterocycles. The molecule has 4 rings (SSSR count). The van der Waals surface area contributed by atoms with Gasteiger partial charge in [-0.15, -0.1) is 0 Å². The van der Waals surface area contributed by atoms with Crippen LogP contribution in [0, 0.1) is 0 Å². The summed E-state index contributed by atoms with van der Waals surface area (Å²) in [5, 5.41) is 0. The second-order valence-corrected chi connectivity index (χ2v) is 10.6. The summed E-state index contributed by atoms with van der Waals surface area (Å²) in [4.78, 5) is 37.2. The van der Waals surface area contributed by atoms with Crippen LogP contribution in [0.1, 0.15) is 0 Å². The molecule has 4 aromatic carbocycles. The van der Waals surface area contributed by atoms with E-state index < -0.39 is 17.9 Å². The number of carbonyl (C=O) groups excluding carboxylic acids is 3. The van der Waals surface area contributed by atoms with Gasteiger partial charge in [-0.25, -0.2) is 14.4 Å². The smallest absolute Gasteiger partial charge is 0.341 e. The number of benzene rings is 4. The van der Waals surface area contributed by atoms with E-state index in [9.17, 15) is 14.4 Å². The highest BCUT2D eigenvalue weighted by atomic mass is 16.5. The molecule has 0 bridgehead atoms. The third-order valence-corrected chi connectivity index (χ3v) is 7.00. The van der Waals surface area contributed by atoms with E-state index in [-0.39, 0.29) is 36.5 Å². The SMILES string of the molecule is C=C(COC)C(=O)Oc1ccc(-c2ccc(-c3ccc(-c4ccc(OC(=O)C(=C)COC)cc4)cc3OC(=O)C(=C)COC)cc2)cc1. The summed E-state index contributed by atoms with van der Waals surface area (Å²) in [7, 11) is 4.42. The monoisotopic (exact) mass is 648 g/mol. The molecule has 246 valence electrons. The molecular weight excluding hydrogens is 612 g/mol. The first-order valence-corrected chi connectivity index (χ1v) is 14.8. The lowest BCUT2D eigenvalue weighted by Gasteiger charge is -2.14. The Morgan fingerprint density at radius 2 is 0.792 bits per heavy atom. The van der Waals surface area contributed by atoms with Crippen LogP contribution in [-0.2, 0) is 28.6 Å². The zero-order valence-electron chi connectivity index (χ0n) is 27.1. The Balaban J connectivity index is 1.57. The van der Waals surface area contributed by atoms with Crippen molar-refractivity contribution in [1.29, 1.82) is 0 Å². The van der Waals surface area contributed by atoms with Gasteiger partial charge in [0, 0.05) is 26.9 Å². The van der Waals surface area contributed by atoms with Gasteiger partial charge in [0.2, 0.25) is 0 Å². The number of rotatable bonds is 15. The molecular formula is C39H36O9. The number of ether oxygens (including phenoxy) is 6. The summed E-state index contributed by atoms with van der Waals surface area (Å²) in [6.07, 6.45) is 0. The average molecular weight is 649 g/mol. The van der Waals surface area contributed by atoms with Crippen molar-refractivity contribution >= 4 is 17.9 Å². The number of hydrogen-bond donors (Lipinski definition) is 0. The predicted molar refractivity (Wildman–Crippen MR) is 183 cm³/mol. The van der Waals surface area contributed by atoms with E-state index in [1.807, 2.05) is 48.5 Å².